The summed E-state index contributed by atoms with van der Waals surface area (Å²) in [5.74, 6) is -0.687. The number of ether oxygens (including phenoxy) is 1. The Morgan fingerprint density at radius 1 is 1.64 bits per heavy atom. The van der Waals surface area contributed by atoms with Gasteiger partial charge < -0.3 is 4.74 Å². The third-order valence-electron chi connectivity index (χ3n) is 0.924. The molecule has 56 valence electrons. The Bertz CT molecular complexity index is 243. The minimum Gasteiger partial charge on any atom is -0.426 e. The molecule has 0 heterocycles. The first kappa shape index (κ1) is 9.19. The molecule has 4 nitrogen and oxygen atoms in total. The van der Waals surface area contributed by atoms with Crippen molar-refractivity contribution in [1.29, 1.82) is 10.5 Å². The first-order valence-electron chi connectivity index (χ1n) is 2.76. The molecule has 0 aliphatic heterocycles. The maximum atomic E-state index is 10.4. The number of hydrogen-bond donors (Lipinski definition) is 0. The van der Waals surface area contributed by atoms with Crippen molar-refractivity contribution in [2.45, 2.75) is 12.5 Å². The summed E-state index contributed by atoms with van der Waals surface area (Å²) < 4.78 is 4.41. The molecule has 11 heavy (non-hydrogen) atoms. The Hall–Kier alpha value is -1.81. The van der Waals surface area contributed by atoms with Gasteiger partial charge in [0.25, 0.3) is 0 Å². The number of nitrogens with zero attached hydrogens (tertiary/aromatic N) is 2. The van der Waals surface area contributed by atoms with E-state index in [1.165, 1.54) is 12.1 Å². The van der Waals surface area contributed by atoms with Gasteiger partial charge in [-0.15, -0.1) is 0 Å². The van der Waals surface area contributed by atoms with Crippen molar-refractivity contribution in [3.05, 3.63) is 12.7 Å². The van der Waals surface area contributed by atoms with E-state index in [4.69, 9.17) is 10.5 Å². The molecule has 0 unspecified atom stereocenters. The lowest BCUT2D eigenvalue weighted by molar-refractivity contribution is -0.145. The summed E-state index contributed by atoms with van der Waals surface area (Å²) in [5.41, 5.74) is -1.83. The fourth-order valence-corrected chi connectivity index (χ4v) is 0.430. The molecule has 0 saturated heterocycles. The summed E-state index contributed by atoms with van der Waals surface area (Å²) in [6.07, 6.45) is 0.981. The third kappa shape index (κ3) is 2.11. The monoisotopic (exact) mass is 150 g/mol. The van der Waals surface area contributed by atoms with Crippen molar-refractivity contribution in [3.8, 4) is 12.1 Å². The second kappa shape index (κ2) is 3.38. The van der Waals surface area contributed by atoms with E-state index in [2.05, 4.69) is 11.3 Å². The van der Waals surface area contributed by atoms with E-state index >= 15 is 0 Å². The zero-order chi connectivity index (χ0) is 8.91. The molecule has 0 fully saturated rings. The Morgan fingerprint density at radius 2 is 2.09 bits per heavy atom. The second-order valence-corrected chi connectivity index (χ2v) is 1.76. The van der Waals surface area contributed by atoms with Crippen molar-refractivity contribution in [2.24, 2.45) is 0 Å². The topological polar surface area (TPSA) is 73.9 Å². The Labute approximate surface area is 64.3 Å². The van der Waals surface area contributed by atoms with Gasteiger partial charge in [0, 0.05) is 6.92 Å². The second-order valence-electron chi connectivity index (χ2n) is 1.76. The maximum Gasteiger partial charge on any atom is 0.305 e. The average molecular weight is 150 g/mol. The van der Waals surface area contributed by atoms with Gasteiger partial charge >= 0.3 is 11.6 Å². The predicted molar refractivity (Wildman–Crippen MR) is 35.9 cm³/mol. The first-order chi connectivity index (χ1) is 5.10. The van der Waals surface area contributed by atoms with Crippen LogP contribution in [-0.2, 0) is 9.53 Å². The normalized spacial score (nSPS) is 9.00. The Morgan fingerprint density at radius 3 is 2.18 bits per heavy atom. The van der Waals surface area contributed by atoms with Crippen LogP contribution in [0.1, 0.15) is 6.92 Å². The van der Waals surface area contributed by atoms with Gasteiger partial charge in [0.05, 0.1) is 0 Å². The van der Waals surface area contributed by atoms with Crippen LogP contribution in [0.5, 0.6) is 0 Å². The average Bonchev–Trinajstić information content (AvgIpc) is 2.00. The lowest BCUT2D eigenvalue weighted by Gasteiger charge is -2.11. The van der Waals surface area contributed by atoms with Crippen molar-refractivity contribution >= 4 is 5.97 Å². The molecular formula is C7H6N2O2. The molecule has 0 aliphatic carbocycles. The van der Waals surface area contributed by atoms with Crippen LogP contribution >= 0.6 is 0 Å². The summed E-state index contributed by atoms with van der Waals surface area (Å²) in [7, 11) is 0. The zero-order valence-electron chi connectivity index (χ0n) is 6.00. The number of nitriles is 2. The molecule has 0 aromatic carbocycles. The highest BCUT2D eigenvalue weighted by Crippen LogP contribution is 2.09. The first-order valence-corrected chi connectivity index (χ1v) is 2.76. The Balaban J connectivity index is 4.63. The summed E-state index contributed by atoms with van der Waals surface area (Å²) in [4.78, 5) is 10.4. The van der Waals surface area contributed by atoms with Crippen LogP contribution in [0.2, 0.25) is 0 Å². The molecule has 4 heteroatoms. The molecule has 0 spiro atoms. The maximum absolute atomic E-state index is 10.4. The highest BCUT2D eigenvalue weighted by atomic mass is 16.6. The van der Waals surface area contributed by atoms with Gasteiger partial charge in [0.15, 0.2) is 0 Å². The molecular weight excluding hydrogens is 144 g/mol. The molecule has 0 aliphatic rings. The standard InChI is InChI=1S/C7H6N2O2/c1-3-7(4-8,5-9)11-6(2)10/h3H,1H2,2H3. The molecule has 0 radical (unpaired) electrons. The minimum absolute atomic E-state index is 0.687. The van der Waals surface area contributed by atoms with Crippen LogP contribution in [0.3, 0.4) is 0 Å². The summed E-state index contributed by atoms with van der Waals surface area (Å²) in [6.45, 7) is 4.32. The molecule has 0 N–H and O–H groups in total. The van der Waals surface area contributed by atoms with E-state index in [1.54, 1.807) is 0 Å². The van der Waals surface area contributed by atoms with Gasteiger partial charge in [-0.1, -0.05) is 6.58 Å². The van der Waals surface area contributed by atoms with Crippen LogP contribution in [0.4, 0.5) is 0 Å². The molecule has 0 saturated carbocycles. The molecule has 0 bridgehead atoms. The quantitative estimate of drug-likeness (QED) is 0.425. The number of hydrogen-bond acceptors (Lipinski definition) is 4. The van der Waals surface area contributed by atoms with Gasteiger partial charge in [-0.25, -0.2) is 0 Å². The van der Waals surface area contributed by atoms with Gasteiger partial charge in [-0.3, -0.25) is 4.79 Å². The molecule has 0 aromatic heterocycles. The van der Waals surface area contributed by atoms with Crippen LogP contribution in [0.15, 0.2) is 12.7 Å². The number of rotatable bonds is 2. The number of carbonyl (C=O) groups is 1. The smallest absolute Gasteiger partial charge is 0.305 e. The van der Waals surface area contributed by atoms with Gasteiger partial charge in [-0.05, 0) is 6.08 Å². The predicted octanol–water partition coefficient (Wildman–Crippen LogP) is 0.521. The molecule has 0 amide bonds. The SMILES string of the molecule is C=CC(C#N)(C#N)OC(C)=O. The van der Waals surface area contributed by atoms with Gasteiger partial charge in [-0.2, -0.15) is 10.5 Å². The summed E-state index contributed by atoms with van der Waals surface area (Å²) >= 11 is 0. The third-order valence-corrected chi connectivity index (χ3v) is 0.924. The van der Waals surface area contributed by atoms with Crippen molar-refractivity contribution in [3.63, 3.8) is 0 Å². The van der Waals surface area contributed by atoms with Crippen molar-refractivity contribution in [1.82, 2.24) is 0 Å². The number of esters is 1. The fourth-order valence-electron chi connectivity index (χ4n) is 0.430. The van der Waals surface area contributed by atoms with E-state index in [-0.39, 0.29) is 0 Å². The van der Waals surface area contributed by atoms with Crippen LogP contribution in [-0.4, -0.2) is 11.6 Å². The highest BCUT2D eigenvalue weighted by Gasteiger charge is 2.29. The zero-order valence-corrected chi connectivity index (χ0v) is 6.00. The van der Waals surface area contributed by atoms with E-state index < -0.39 is 11.6 Å². The van der Waals surface area contributed by atoms with E-state index in [9.17, 15) is 4.79 Å². The fraction of sp³-hybridized carbons (Fsp3) is 0.286. The van der Waals surface area contributed by atoms with Crippen molar-refractivity contribution in [2.75, 3.05) is 0 Å². The summed E-state index contributed by atoms with van der Waals surface area (Å²) in [5, 5.41) is 16.8. The van der Waals surface area contributed by atoms with E-state index in [0.717, 1.165) is 13.0 Å². The lowest BCUT2D eigenvalue weighted by Crippen LogP contribution is -2.27. The van der Waals surface area contributed by atoms with Gasteiger partial charge in [0.2, 0.25) is 0 Å². The minimum atomic E-state index is -1.83. The van der Waals surface area contributed by atoms with Crippen molar-refractivity contribution < 1.29 is 9.53 Å². The largest absolute Gasteiger partial charge is 0.426 e. The van der Waals surface area contributed by atoms with Gasteiger partial charge in [0.1, 0.15) is 12.1 Å². The van der Waals surface area contributed by atoms with Crippen LogP contribution in [0.25, 0.3) is 0 Å². The number of carbonyl (C=O) groups excluding carboxylic acids is 1. The molecule has 0 atom stereocenters. The van der Waals surface area contributed by atoms with E-state index in [1.807, 2.05) is 0 Å². The Kier molecular flexibility index (Phi) is 2.82. The van der Waals surface area contributed by atoms with Crippen LogP contribution < -0.4 is 0 Å². The summed E-state index contributed by atoms with van der Waals surface area (Å²) in [6, 6.07) is 3.05. The lowest BCUT2D eigenvalue weighted by atomic mass is 10.1. The highest BCUT2D eigenvalue weighted by molar-refractivity contribution is 5.68. The molecule has 0 rings (SSSR count). The van der Waals surface area contributed by atoms with Crippen LogP contribution in [0, 0.1) is 22.7 Å². The van der Waals surface area contributed by atoms with E-state index in [0.29, 0.717) is 0 Å². The molecule has 0 aromatic rings.